The van der Waals surface area contributed by atoms with Crippen LogP contribution in [0.2, 0.25) is 5.02 Å². The van der Waals surface area contributed by atoms with Crippen molar-refractivity contribution < 1.29 is 8.83 Å². The molecule has 3 aromatic heterocycles. The Morgan fingerprint density at radius 3 is 2.59 bits per heavy atom. The molecule has 0 radical (unpaired) electrons. The van der Waals surface area contributed by atoms with E-state index in [1.54, 1.807) is 18.4 Å². The second-order valence-corrected chi connectivity index (χ2v) is 9.07. The molecule has 0 N–H and O–H groups in total. The minimum atomic E-state index is 0.154. The largest absolute Gasteiger partial charge is 0.459 e. The van der Waals surface area contributed by atoms with Crippen LogP contribution in [0.15, 0.2) is 56.7 Å². The van der Waals surface area contributed by atoms with Crippen molar-refractivity contribution in [3.05, 3.63) is 59.4 Å². The molecule has 1 aromatic carbocycles. The predicted molar refractivity (Wildman–Crippen MR) is 122 cm³/mol. The van der Waals surface area contributed by atoms with Gasteiger partial charge in [0.2, 0.25) is 5.89 Å². The summed E-state index contributed by atoms with van der Waals surface area (Å²) in [5.41, 5.74) is 0.975. The maximum absolute atomic E-state index is 6.13. The van der Waals surface area contributed by atoms with E-state index in [4.69, 9.17) is 20.4 Å². The summed E-state index contributed by atoms with van der Waals surface area (Å²) in [6, 6.07) is 11.5. The average Bonchev–Trinajstić information content (AvgIpc) is 3.59. The molecule has 0 saturated carbocycles. The van der Waals surface area contributed by atoms with Crippen molar-refractivity contribution >= 4 is 23.4 Å². The van der Waals surface area contributed by atoms with Gasteiger partial charge in [0.05, 0.1) is 18.1 Å². The van der Waals surface area contributed by atoms with Gasteiger partial charge < -0.3 is 8.83 Å². The van der Waals surface area contributed by atoms with E-state index in [0.717, 1.165) is 29.8 Å². The van der Waals surface area contributed by atoms with Gasteiger partial charge in [-0.3, -0.25) is 9.47 Å². The zero-order valence-corrected chi connectivity index (χ0v) is 19.2. The van der Waals surface area contributed by atoms with Gasteiger partial charge in [-0.15, -0.1) is 20.4 Å². The van der Waals surface area contributed by atoms with Crippen molar-refractivity contribution in [1.82, 2.24) is 29.9 Å². The molecule has 0 spiro atoms. The monoisotopic (exact) mass is 470 g/mol. The van der Waals surface area contributed by atoms with E-state index in [-0.39, 0.29) is 6.04 Å². The normalized spacial score (nSPS) is 15.8. The van der Waals surface area contributed by atoms with E-state index in [0.29, 0.717) is 28.3 Å². The van der Waals surface area contributed by atoms with E-state index >= 15 is 0 Å². The van der Waals surface area contributed by atoms with Crippen LogP contribution in [0.25, 0.3) is 17.3 Å². The number of hydrogen-bond donors (Lipinski definition) is 0. The zero-order valence-electron chi connectivity index (χ0n) is 17.6. The molecule has 32 heavy (non-hydrogen) atoms. The van der Waals surface area contributed by atoms with E-state index in [1.807, 2.05) is 24.3 Å². The highest BCUT2D eigenvalue weighted by Crippen LogP contribution is 2.31. The lowest BCUT2D eigenvalue weighted by Gasteiger charge is -2.31. The molecule has 1 unspecified atom stereocenters. The van der Waals surface area contributed by atoms with Crippen LogP contribution in [0, 0.1) is 0 Å². The molecule has 0 amide bonds. The topological polar surface area (TPSA) is 86.0 Å². The highest BCUT2D eigenvalue weighted by molar-refractivity contribution is 7.98. The van der Waals surface area contributed by atoms with E-state index in [2.05, 4.69) is 36.8 Å². The fourth-order valence-corrected chi connectivity index (χ4v) is 4.81. The van der Waals surface area contributed by atoms with Gasteiger partial charge in [0.1, 0.15) is 0 Å². The summed E-state index contributed by atoms with van der Waals surface area (Å²) in [6.07, 6.45) is 5.30. The predicted octanol–water partition coefficient (Wildman–Crippen LogP) is 5.40. The number of thioether (sulfide) groups is 1. The Hall–Kier alpha value is -2.62. The summed E-state index contributed by atoms with van der Waals surface area (Å²) in [5, 5.41) is 18.8. The average molecular weight is 471 g/mol. The number of rotatable bonds is 7. The van der Waals surface area contributed by atoms with Crippen LogP contribution in [0.4, 0.5) is 0 Å². The van der Waals surface area contributed by atoms with E-state index < -0.39 is 0 Å². The molecule has 1 atom stereocenters. The molecule has 10 heteroatoms. The summed E-state index contributed by atoms with van der Waals surface area (Å²) in [4.78, 5) is 2.47. The molecule has 0 bridgehead atoms. The van der Waals surface area contributed by atoms with Crippen molar-refractivity contribution in [2.24, 2.45) is 0 Å². The Kier molecular flexibility index (Phi) is 6.29. The van der Waals surface area contributed by atoms with Crippen LogP contribution in [0.3, 0.4) is 0 Å². The smallest absolute Gasteiger partial charge is 0.283 e. The number of aromatic nitrogens is 5. The van der Waals surface area contributed by atoms with Gasteiger partial charge in [-0.25, -0.2) is 0 Å². The number of piperidine rings is 1. The Balaban J connectivity index is 1.41. The van der Waals surface area contributed by atoms with Crippen molar-refractivity contribution in [2.45, 2.75) is 43.1 Å². The van der Waals surface area contributed by atoms with Crippen LogP contribution in [0.1, 0.15) is 43.9 Å². The van der Waals surface area contributed by atoms with Crippen molar-refractivity contribution in [2.75, 3.05) is 13.1 Å². The zero-order chi connectivity index (χ0) is 21.9. The minimum absolute atomic E-state index is 0.154. The van der Waals surface area contributed by atoms with Crippen LogP contribution >= 0.6 is 23.4 Å². The molecule has 1 aliphatic heterocycles. The first-order valence-corrected chi connectivity index (χ1v) is 12.0. The molecule has 1 saturated heterocycles. The van der Waals surface area contributed by atoms with Gasteiger partial charge in [-0.2, -0.15) is 0 Å². The van der Waals surface area contributed by atoms with Crippen LogP contribution in [-0.4, -0.2) is 43.0 Å². The Morgan fingerprint density at radius 2 is 1.84 bits per heavy atom. The van der Waals surface area contributed by atoms with Crippen molar-refractivity contribution in [3.63, 3.8) is 0 Å². The SMILES string of the molecule is CC(c1nnc(SCc2nnc(-c3ccco3)o2)n1-c1ccc(Cl)cc1)N1CCCCC1. The molecular formula is C22H23ClN6O2S. The third-order valence-electron chi connectivity index (χ3n) is 5.58. The lowest BCUT2D eigenvalue weighted by Crippen LogP contribution is -2.33. The second kappa shape index (κ2) is 9.48. The fourth-order valence-electron chi connectivity index (χ4n) is 3.89. The molecule has 1 fully saturated rings. The number of benzene rings is 1. The molecule has 4 aromatic rings. The van der Waals surface area contributed by atoms with Gasteiger partial charge in [0.15, 0.2) is 16.7 Å². The molecule has 8 nitrogen and oxygen atoms in total. The highest BCUT2D eigenvalue weighted by Gasteiger charge is 2.26. The van der Waals surface area contributed by atoms with Gasteiger partial charge in [0.25, 0.3) is 5.89 Å². The lowest BCUT2D eigenvalue weighted by atomic mass is 10.1. The Morgan fingerprint density at radius 1 is 1.03 bits per heavy atom. The second-order valence-electron chi connectivity index (χ2n) is 7.69. The van der Waals surface area contributed by atoms with Gasteiger partial charge >= 0.3 is 0 Å². The summed E-state index contributed by atoms with van der Waals surface area (Å²) in [6.45, 7) is 4.35. The van der Waals surface area contributed by atoms with Crippen molar-refractivity contribution in [3.8, 4) is 17.3 Å². The summed E-state index contributed by atoms with van der Waals surface area (Å²) < 4.78 is 13.2. The Bertz CT molecular complexity index is 1150. The van der Waals surface area contributed by atoms with Crippen molar-refractivity contribution in [1.29, 1.82) is 0 Å². The van der Waals surface area contributed by atoms with Gasteiger partial charge in [-0.05, 0) is 69.3 Å². The maximum atomic E-state index is 6.13. The first-order valence-electron chi connectivity index (χ1n) is 10.6. The van der Waals surface area contributed by atoms with E-state index in [1.165, 1.54) is 31.0 Å². The van der Waals surface area contributed by atoms with Crippen LogP contribution in [-0.2, 0) is 5.75 Å². The number of furan rings is 1. The first kappa shape index (κ1) is 21.2. The minimum Gasteiger partial charge on any atom is -0.459 e. The number of halogens is 1. The van der Waals surface area contributed by atoms with Crippen LogP contribution in [0.5, 0.6) is 0 Å². The molecule has 166 valence electrons. The summed E-state index contributed by atoms with van der Waals surface area (Å²) >= 11 is 7.64. The summed E-state index contributed by atoms with van der Waals surface area (Å²) in [5.74, 6) is 2.80. The van der Waals surface area contributed by atoms with E-state index in [9.17, 15) is 0 Å². The Labute approximate surface area is 195 Å². The van der Waals surface area contributed by atoms with Crippen LogP contribution < -0.4 is 0 Å². The lowest BCUT2D eigenvalue weighted by molar-refractivity contribution is 0.167. The maximum Gasteiger partial charge on any atom is 0.283 e. The third kappa shape index (κ3) is 4.46. The quantitative estimate of drug-likeness (QED) is 0.332. The summed E-state index contributed by atoms with van der Waals surface area (Å²) in [7, 11) is 0. The number of hydrogen-bond acceptors (Lipinski definition) is 8. The molecular weight excluding hydrogens is 448 g/mol. The number of nitrogens with zero attached hydrogens (tertiary/aromatic N) is 6. The highest BCUT2D eigenvalue weighted by atomic mass is 35.5. The molecule has 5 rings (SSSR count). The molecule has 4 heterocycles. The van der Waals surface area contributed by atoms with Gasteiger partial charge in [-0.1, -0.05) is 29.8 Å². The standard InChI is InChI=1S/C22H23ClN6O2S/c1-15(28-11-3-2-4-12-28)20-25-27-22(29(20)17-9-7-16(23)8-10-17)32-14-19-24-26-21(31-19)18-6-5-13-30-18/h5-10,13,15H,2-4,11-12,14H2,1H3. The molecule has 1 aliphatic rings. The first-order chi connectivity index (χ1) is 15.7. The molecule has 0 aliphatic carbocycles. The fraction of sp³-hybridized carbons (Fsp3) is 0.364. The van der Waals surface area contributed by atoms with Gasteiger partial charge in [0, 0.05) is 10.7 Å². The number of likely N-dealkylation sites (tertiary alicyclic amines) is 1. The third-order valence-corrected chi connectivity index (χ3v) is 6.74.